The fraction of sp³-hybridized carbons (Fsp3) is 0.467. The minimum atomic E-state index is -0.379. The summed E-state index contributed by atoms with van der Waals surface area (Å²) < 4.78 is 15.1. The molecule has 1 aromatic carbocycles. The molecule has 0 saturated carbocycles. The Morgan fingerprint density at radius 3 is 2.48 bits per heavy atom. The first-order valence-electron chi connectivity index (χ1n) is 6.75. The number of methoxy groups -OCH3 is 1. The molecule has 0 aliphatic rings. The standard InChI is InChI=1S/C15H21NO5/c1-4-20-15(18)12-5-7-13(8-6-12)21-10-14(17)16-11(2)9-19-3/h5-8,11H,4,9-10H2,1-3H3,(H,16,17)/t11-/m0/s1. The molecule has 1 N–H and O–H groups in total. The summed E-state index contributed by atoms with van der Waals surface area (Å²) in [5.74, 6) is -0.0956. The quantitative estimate of drug-likeness (QED) is 0.734. The van der Waals surface area contributed by atoms with Crippen LogP contribution < -0.4 is 10.1 Å². The summed E-state index contributed by atoms with van der Waals surface area (Å²) in [7, 11) is 1.57. The molecule has 0 aliphatic carbocycles. The predicted octanol–water partition coefficient (Wildman–Crippen LogP) is 1.39. The number of hydrogen-bond acceptors (Lipinski definition) is 5. The van der Waals surface area contributed by atoms with Gasteiger partial charge in [-0.1, -0.05) is 0 Å². The smallest absolute Gasteiger partial charge is 0.338 e. The maximum atomic E-state index is 11.6. The van der Waals surface area contributed by atoms with E-state index >= 15 is 0 Å². The molecule has 1 amide bonds. The maximum absolute atomic E-state index is 11.6. The van der Waals surface area contributed by atoms with Gasteiger partial charge in [0, 0.05) is 13.2 Å². The molecule has 0 aliphatic heterocycles. The molecule has 0 saturated heterocycles. The molecule has 0 radical (unpaired) electrons. The van der Waals surface area contributed by atoms with E-state index in [1.165, 1.54) is 0 Å². The predicted molar refractivity (Wildman–Crippen MR) is 77.4 cm³/mol. The third kappa shape index (κ3) is 6.27. The third-order valence-electron chi connectivity index (χ3n) is 2.56. The Balaban J connectivity index is 2.42. The van der Waals surface area contributed by atoms with E-state index < -0.39 is 0 Å². The van der Waals surface area contributed by atoms with Crippen molar-refractivity contribution in [1.29, 1.82) is 0 Å². The maximum Gasteiger partial charge on any atom is 0.338 e. The number of amides is 1. The lowest BCUT2D eigenvalue weighted by atomic mass is 10.2. The molecular weight excluding hydrogens is 274 g/mol. The molecule has 0 spiro atoms. The highest BCUT2D eigenvalue weighted by Gasteiger charge is 2.09. The summed E-state index contributed by atoms with van der Waals surface area (Å²) in [4.78, 5) is 23.1. The number of rotatable bonds is 8. The Kier molecular flexibility index (Phi) is 7.25. The van der Waals surface area contributed by atoms with E-state index in [1.54, 1.807) is 38.3 Å². The summed E-state index contributed by atoms with van der Waals surface area (Å²) in [5, 5.41) is 2.73. The van der Waals surface area contributed by atoms with Crippen LogP contribution in [0.1, 0.15) is 24.2 Å². The molecule has 0 aromatic heterocycles. The van der Waals surface area contributed by atoms with Gasteiger partial charge in [0.05, 0.1) is 18.8 Å². The van der Waals surface area contributed by atoms with E-state index in [0.29, 0.717) is 24.5 Å². The first-order valence-corrected chi connectivity index (χ1v) is 6.75. The zero-order chi connectivity index (χ0) is 15.7. The van der Waals surface area contributed by atoms with E-state index in [-0.39, 0.29) is 24.5 Å². The minimum Gasteiger partial charge on any atom is -0.484 e. The largest absolute Gasteiger partial charge is 0.484 e. The van der Waals surface area contributed by atoms with Crippen molar-refractivity contribution >= 4 is 11.9 Å². The average Bonchev–Trinajstić information content (AvgIpc) is 2.46. The number of hydrogen-bond donors (Lipinski definition) is 1. The van der Waals surface area contributed by atoms with Crippen LogP contribution >= 0.6 is 0 Å². The van der Waals surface area contributed by atoms with E-state index in [0.717, 1.165) is 0 Å². The van der Waals surface area contributed by atoms with Crippen LogP contribution in [-0.4, -0.2) is 44.8 Å². The number of carbonyl (C=O) groups is 2. The fourth-order valence-corrected chi connectivity index (χ4v) is 1.66. The van der Waals surface area contributed by atoms with Gasteiger partial charge in [0.25, 0.3) is 5.91 Å². The summed E-state index contributed by atoms with van der Waals surface area (Å²) in [6, 6.07) is 6.37. The lowest BCUT2D eigenvalue weighted by molar-refractivity contribution is -0.124. The first-order chi connectivity index (χ1) is 10.1. The fourth-order valence-electron chi connectivity index (χ4n) is 1.66. The summed E-state index contributed by atoms with van der Waals surface area (Å²) >= 11 is 0. The second kappa shape index (κ2) is 8.97. The Bertz CT molecular complexity index is 458. The van der Waals surface area contributed by atoms with Gasteiger partial charge in [0.1, 0.15) is 5.75 Å². The SMILES string of the molecule is CCOC(=O)c1ccc(OCC(=O)N[C@@H](C)COC)cc1. The number of carbonyl (C=O) groups excluding carboxylic acids is 2. The Morgan fingerprint density at radius 1 is 1.24 bits per heavy atom. The second-order valence-electron chi connectivity index (χ2n) is 4.46. The van der Waals surface area contributed by atoms with Crippen LogP contribution in [0.5, 0.6) is 5.75 Å². The van der Waals surface area contributed by atoms with Crippen molar-refractivity contribution in [2.45, 2.75) is 19.9 Å². The van der Waals surface area contributed by atoms with Crippen LogP contribution in [-0.2, 0) is 14.3 Å². The highest BCUT2D eigenvalue weighted by molar-refractivity contribution is 5.89. The van der Waals surface area contributed by atoms with Gasteiger partial charge in [-0.05, 0) is 38.1 Å². The van der Waals surface area contributed by atoms with Crippen LogP contribution in [0.4, 0.5) is 0 Å². The molecule has 0 heterocycles. The molecule has 0 fully saturated rings. The lowest BCUT2D eigenvalue weighted by Gasteiger charge is -2.13. The molecule has 6 heteroatoms. The van der Waals surface area contributed by atoms with Crippen LogP contribution in [0.2, 0.25) is 0 Å². The van der Waals surface area contributed by atoms with Gasteiger partial charge in [-0.15, -0.1) is 0 Å². The van der Waals surface area contributed by atoms with Gasteiger partial charge in [-0.3, -0.25) is 4.79 Å². The van der Waals surface area contributed by atoms with Crippen LogP contribution in [0.3, 0.4) is 0 Å². The zero-order valence-electron chi connectivity index (χ0n) is 12.5. The normalized spacial score (nSPS) is 11.6. The summed E-state index contributed by atoms with van der Waals surface area (Å²) in [6.07, 6.45) is 0. The van der Waals surface area contributed by atoms with Crippen molar-refractivity contribution in [3.63, 3.8) is 0 Å². The van der Waals surface area contributed by atoms with E-state index in [1.807, 2.05) is 6.92 Å². The van der Waals surface area contributed by atoms with Crippen LogP contribution in [0, 0.1) is 0 Å². The van der Waals surface area contributed by atoms with E-state index in [4.69, 9.17) is 14.2 Å². The monoisotopic (exact) mass is 295 g/mol. The highest BCUT2D eigenvalue weighted by atomic mass is 16.5. The first kappa shape index (κ1) is 17.0. The van der Waals surface area contributed by atoms with Crippen molar-refractivity contribution in [2.24, 2.45) is 0 Å². The summed E-state index contributed by atoms with van der Waals surface area (Å²) in [5.41, 5.74) is 0.447. The molecule has 0 bridgehead atoms. The molecule has 116 valence electrons. The minimum absolute atomic E-state index is 0.0720. The Labute approximate surface area is 124 Å². The number of esters is 1. The molecule has 0 unspecified atom stereocenters. The zero-order valence-corrected chi connectivity index (χ0v) is 12.5. The van der Waals surface area contributed by atoms with Crippen molar-refractivity contribution in [1.82, 2.24) is 5.32 Å². The number of nitrogens with one attached hydrogen (secondary N) is 1. The lowest BCUT2D eigenvalue weighted by Crippen LogP contribution is -2.38. The number of benzene rings is 1. The molecule has 1 rings (SSSR count). The number of ether oxygens (including phenoxy) is 3. The second-order valence-corrected chi connectivity index (χ2v) is 4.46. The molecule has 21 heavy (non-hydrogen) atoms. The Morgan fingerprint density at radius 2 is 1.90 bits per heavy atom. The van der Waals surface area contributed by atoms with Gasteiger partial charge in [0.2, 0.25) is 0 Å². The molecule has 1 aromatic rings. The van der Waals surface area contributed by atoms with E-state index in [9.17, 15) is 9.59 Å². The molecular formula is C15H21NO5. The van der Waals surface area contributed by atoms with Crippen molar-refractivity contribution in [2.75, 3.05) is 26.9 Å². The third-order valence-corrected chi connectivity index (χ3v) is 2.56. The van der Waals surface area contributed by atoms with Gasteiger partial charge in [-0.25, -0.2) is 4.79 Å². The topological polar surface area (TPSA) is 73.9 Å². The van der Waals surface area contributed by atoms with Gasteiger partial charge in [0.15, 0.2) is 6.61 Å². The van der Waals surface area contributed by atoms with Crippen molar-refractivity contribution in [3.8, 4) is 5.75 Å². The molecule has 1 atom stereocenters. The van der Waals surface area contributed by atoms with Gasteiger partial charge in [-0.2, -0.15) is 0 Å². The molecule has 6 nitrogen and oxygen atoms in total. The Hall–Kier alpha value is -2.08. The van der Waals surface area contributed by atoms with Crippen molar-refractivity contribution < 1.29 is 23.8 Å². The van der Waals surface area contributed by atoms with Gasteiger partial charge >= 0.3 is 5.97 Å². The van der Waals surface area contributed by atoms with E-state index in [2.05, 4.69) is 5.32 Å². The highest BCUT2D eigenvalue weighted by Crippen LogP contribution is 2.12. The van der Waals surface area contributed by atoms with Gasteiger partial charge < -0.3 is 19.5 Å². The van der Waals surface area contributed by atoms with Crippen molar-refractivity contribution in [3.05, 3.63) is 29.8 Å². The summed E-state index contributed by atoms with van der Waals surface area (Å²) in [6.45, 7) is 4.28. The van der Waals surface area contributed by atoms with Crippen LogP contribution in [0.25, 0.3) is 0 Å². The average molecular weight is 295 g/mol. The van der Waals surface area contributed by atoms with Crippen LogP contribution in [0.15, 0.2) is 24.3 Å².